The number of halogens is 3. The molecule has 1 aromatic heterocycles. The largest absolute Gasteiger partial charge is 0.418 e. The van der Waals surface area contributed by atoms with Gasteiger partial charge in [0.2, 0.25) is 5.91 Å². The van der Waals surface area contributed by atoms with Gasteiger partial charge in [-0.05, 0) is 43.5 Å². The Bertz CT molecular complexity index is 901. The molecule has 1 fully saturated rings. The van der Waals surface area contributed by atoms with Gasteiger partial charge < -0.3 is 21.1 Å². The summed E-state index contributed by atoms with van der Waals surface area (Å²) in [5.41, 5.74) is 4.19. The Morgan fingerprint density at radius 2 is 2.07 bits per heavy atom. The topological polar surface area (TPSA) is 91.5 Å². The molecule has 1 aliphatic rings. The Labute approximate surface area is 166 Å². The van der Waals surface area contributed by atoms with Crippen LogP contribution < -0.4 is 16.0 Å². The standard InChI is InChI=1S/C20H25F3N4O2/c1-12-8-13(26-18(29)19(2,24)11-28)10-27(9-12)16-6-5-15(20(21,22)23)17-14(16)4-3-7-25-17/h3-7,12-13,28H,8-11,24H2,1-2H3,(H,26,29)/t12-,13+,19?/m0/s1. The van der Waals surface area contributed by atoms with Gasteiger partial charge in [0.15, 0.2) is 0 Å². The molecule has 4 N–H and O–H groups in total. The molecule has 9 heteroatoms. The molecule has 1 unspecified atom stereocenters. The molecule has 0 spiro atoms. The number of carbonyl (C=O) groups excluding carboxylic acids is 1. The van der Waals surface area contributed by atoms with E-state index in [-0.39, 0.29) is 17.5 Å². The summed E-state index contributed by atoms with van der Waals surface area (Å²) < 4.78 is 40.1. The van der Waals surface area contributed by atoms with Crippen molar-refractivity contribution < 1.29 is 23.1 Å². The van der Waals surface area contributed by atoms with Crippen LogP contribution in [0.15, 0.2) is 30.5 Å². The minimum atomic E-state index is -4.49. The van der Waals surface area contributed by atoms with Crippen LogP contribution >= 0.6 is 0 Å². The van der Waals surface area contributed by atoms with Crippen molar-refractivity contribution in [1.29, 1.82) is 0 Å². The van der Waals surface area contributed by atoms with E-state index in [1.165, 1.54) is 19.2 Å². The van der Waals surface area contributed by atoms with E-state index in [9.17, 15) is 23.1 Å². The summed E-state index contributed by atoms with van der Waals surface area (Å²) in [6, 6.07) is 5.52. The van der Waals surface area contributed by atoms with Crippen molar-refractivity contribution in [2.24, 2.45) is 11.7 Å². The van der Waals surface area contributed by atoms with Crippen molar-refractivity contribution in [3.05, 3.63) is 36.0 Å². The van der Waals surface area contributed by atoms with E-state index in [4.69, 9.17) is 5.73 Å². The molecule has 29 heavy (non-hydrogen) atoms. The van der Waals surface area contributed by atoms with Gasteiger partial charge in [0, 0.05) is 36.4 Å². The van der Waals surface area contributed by atoms with Crippen LogP contribution in [0.5, 0.6) is 0 Å². The van der Waals surface area contributed by atoms with Crippen LogP contribution in [0.3, 0.4) is 0 Å². The molecule has 158 valence electrons. The number of pyridine rings is 1. The molecule has 1 saturated heterocycles. The minimum absolute atomic E-state index is 0.0916. The molecule has 3 rings (SSSR count). The number of carbonyl (C=O) groups is 1. The zero-order chi connectivity index (χ0) is 21.4. The quantitative estimate of drug-likeness (QED) is 0.720. The number of aliphatic hydroxyl groups excluding tert-OH is 1. The molecule has 2 aromatic rings. The summed E-state index contributed by atoms with van der Waals surface area (Å²) >= 11 is 0. The SMILES string of the molecule is C[C@H]1C[C@@H](NC(=O)C(C)(N)CO)CN(c2ccc(C(F)(F)F)c3ncccc23)C1. The highest BCUT2D eigenvalue weighted by atomic mass is 19.4. The number of nitrogens with one attached hydrogen (secondary N) is 1. The number of rotatable bonds is 4. The lowest BCUT2D eigenvalue weighted by molar-refractivity contribution is -0.136. The number of fused-ring (bicyclic) bond motifs is 1. The normalized spacial score (nSPS) is 22.4. The summed E-state index contributed by atoms with van der Waals surface area (Å²) in [4.78, 5) is 18.3. The van der Waals surface area contributed by atoms with Gasteiger partial charge in [0.25, 0.3) is 0 Å². The van der Waals surface area contributed by atoms with Crippen LogP contribution in [-0.4, -0.2) is 47.3 Å². The number of hydrogen-bond acceptors (Lipinski definition) is 5. The third-order valence-corrected chi connectivity index (χ3v) is 5.23. The highest BCUT2D eigenvalue weighted by Gasteiger charge is 2.36. The molecular formula is C20H25F3N4O2. The Morgan fingerprint density at radius 3 is 2.72 bits per heavy atom. The van der Waals surface area contributed by atoms with Crippen LogP contribution in [0, 0.1) is 5.92 Å². The van der Waals surface area contributed by atoms with Gasteiger partial charge in [-0.1, -0.05) is 6.92 Å². The number of hydrogen-bond donors (Lipinski definition) is 3. The first-order valence-electron chi connectivity index (χ1n) is 9.43. The second kappa shape index (κ2) is 7.79. The molecule has 0 bridgehead atoms. The highest BCUT2D eigenvalue weighted by molar-refractivity contribution is 5.94. The number of nitrogens with zero attached hydrogens (tertiary/aromatic N) is 2. The smallest absolute Gasteiger partial charge is 0.394 e. The van der Waals surface area contributed by atoms with E-state index in [0.717, 1.165) is 6.07 Å². The lowest BCUT2D eigenvalue weighted by atomic mass is 9.93. The molecule has 6 nitrogen and oxygen atoms in total. The van der Waals surface area contributed by atoms with E-state index in [0.29, 0.717) is 30.6 Å². The van der Waals surface area contributed by atoms with Crippen molar-refractivity contribution in [2.75, 3.05) is 24.6 Å². The fourth-order valence-corrected chi connectivity index (χ4v) is 3.74. The Hall–Kier alpha value is -2.39. The van der Waals surface area contributed by atoms with Gasteiger partial charge in [-0.15, -0.1) is 0 Å². The lowest BCUT2D eigenvalue weighted by Gasteiger charge is -2.39. The Balaban J connectivity index is 1.92. The average Bonchev–Trinajstić information content (AvgIpc) is 2.65. The Morgan fingerprint density at radius 1 is 1.34 bits per heavy atom. The van der Waals surface area contributed by atoms with Crippen LogP contribution in [0.4, 0.5) is 18.9 Å². The molecule has 0 radical (unpaired) electrons. The van der Waals surface area contributed by atoms with E-state index in [2.05, 4.69) is 10.3 Å². The maximum absolute atomic E-state index is 13.4. The van der Waals surface area contributed by atoms with Crippen molar-refractivity contribution in [3.63, 3.8) is 0 Å². The van der Waals surface area contributed by atoms with Crippen molar-refractivity contribution in [2.45, 2.75) is 38.0 Å². The fourth-order valence-electron chi connectivity index (χ4n) is 3.74. The second-order valence-electron chi connectivity index (χ2n) is 8.02. The van der Waals surface area contributed by atoms with E-state index in [1.54, 1.807) is 12.1 Å². The van der Waals surface area contributed by atoms with Crippen LogP contribution in [0.25, 0.3) is 10.9 Å². The van der Waals surface area contributed by atoms with Crippen LogP contribution in [0.2, 0.25) is 0 Å². The van der Waals surface area contributed by atoms with Gasteiger partial charge in [-0.3, -0.25) is 9.78 Å². The molecule has 2 heterocycles. The molecule has 0 saturated carbocycles. The number of piperidine rings is 1. The summed E-state index contributed by atoms with van der Waals surface area (Å²) in [6.07, 6.45) is -2.44. The van der Waals surface area contributed by atoms with E-state index >= 15 is 0 Å². The summed E-state index contributed by atoms with van der Waals surface area (Å²) in [5.74, 6) is -0.265. The summed E-state index contributed by atoms with van der Waals surface area (Å²) in [5, 5.41) is 12.6. The molecule has 1 amide bonds. The second-order valence-corrected chi connectivity index (χ2v) is 8.02. The maximum atomic E-state index is 13.4. The fraction of sp³-hybridized carbons (Fsp3) is 0.500. The lowest BCUT2D eigenvalue weighted by Crippen LogP contribution is -2.59. The van der Waals surface area contributed by atoms with Crippen molar-refractivity contribution in [1.82, 2.24) is 10.3 Å². The van der Waals surface area contributed by atoms with Gasteiger partial charge in [-0.25, -0.2) is 0 Å². The highest BCUT2D eigenvalue weighted by Crippen LogP contribution is 2.38. The van der Waals surface area contributed by atoms with E-state index in [1.807, 2.05) is 11.8 Å². The van der Waals surface area contributed by atoms with Crippen molar-refractivity contribution in [3.8, 4) is 0 Å². The summed E-state index contributed by atoms with van der Waals surface area (Å²) in [6.45, 7) is 4.04. The first kappa shape index (κ1) is 21.3. The minimum Gasteiger partial charge on any atom is -0.394 e. The zero-order valence-electron chi connectivity index (χ0n) is 16.3. The predicted molar refractivity (Wildman–Crippen MR) is 104 cm³/mol. The third-order valence-electron chi connectivity index (χ3n) is 5.23. The monoisotopic (exact) mass is 410 g/mol. The first-order valence-corrected chi connectivity index (χ1v) is 9.43. The van der Waals surface area contributed by atoms with E-state index < -0.39 is 29.8 Å². The molecule has 1 aromatic carbocycles. The predicted octanol–water partition coefficient (Wildman–Crippen LogP) is 2.29. The number of nitrogens with two attached hydrogens (primary N) is 1. The molecular weight excluding hydrogens is 385 g/mol. The molecule has 1 aliphatic heterocycles. The van der Waals surface area contributed by atoms with Gasteiger partial charge >= 0.3 is 6.18 Å². The number of aliphatic hydroxyl groups is 1. The van der Waals surface area contributed by atoms with Crippen LogP contribution in [-0.2, 0) is 11.0 Å². The van der Waals surface area contributed by atoms with Crippen molar-refractivity contribution >= 4 is 22.5 Å². The number of benzene rings is 1. The average molecular weight is 410 g/mol. The number of aromatic nitrogens is 1. The number of alkyl halides is 3. The Kier molecular flexibility index (Phi) is 5.73. The number of anilines is 1. The molecule has 0 aliphatic carbocycles. The molecule has 3 atom stereocenters. The summed E-state index contributed by atoms with van der Waals surface area (Å²) in [7, 11) is 0. The van der Waals surface area contributed by atoms with Gasteiger partial charge in [-0.2, -0.15) is 13.2 Å². The van der Waals surface area contributed by atoms with Crippen LogP contribution in [0.1, 0.15) is 25.8 Å². The van der Waals surface area contributed by atoms with Gasteiger partial charge in [0.05, 0.1) is 17.7 Å². The zero-order valence-corrected chi connectivity index (χ0v) is 16.3. The third kappa shape index (κ3) is 4.45. The number of amides is 1. The van der Waals surface area contributed by atoms with Gasteiger partial charge in [0.1, 0.15) is 5.54 Å². The first-order chi connectivity index (χ1) is 13.5. The maximum Gasteiger partial charge on any atom is 0.418 e.